The molecule has 0 saturated heterocycles. The Morgan fingerprint density at radius 1 is 1.41 bits per heavy atom. The molecule has 0 unspecified atom stereocenters. The number of hydrogen-bond donors (Lipinski definition) is 1. The van der Waals surface area contributed by atoms with Gasteiger partial charge in [-0.15, -0.1) is 0 Å². The van der Waals surface area contributed by atoms with E-state index in [4.69, 9.17) is 0 Å². The van der Waals surface area contributed by atoms with Crippen molar-refractivity contribution in [1.29, 1.82) is 0 Å². The van der Waals surface area contributed by atoms with Gasteiger partial charge in [-0.2, -0.15) is 0 Å². The molecule has 1 aromatic carbocycles. The highest BCUT2D eigenvalue weighted by Crippen LogP contribution is 2.06. The molecule has 5 heteroatoms. The van der Waals surface area contributed by atoms with Gasteiger partial charge < -0.3 is 4.57 Å². The summed E-state index contributed by atoms with van der Waals surface area (Å²) >= 11 is 0. The number of aromatic nitrogens is 2. The molecule has 0 saturated carbocycles. The molecule has 2 rings (SSSR count). The highest BCUT2D eigenvalue weighted by molar-refractivity contribution is 5.90. The Labute approximate surface area is 98.1 Å². The number of amides is 1. The van der Waals surface area contributed by atoms with E-state index < -0.39 is 0 Å². The largest absolute Gasteiger partial charge is 0.320 e. The molecular weight excluding hydrogens is 221 g/mol. The molecule has 0 radical (unpaired) electrons. The second-order valence-corrected chi connectivity index (χ2v) is 3.71. The van der Waals surface area contributed by atoms with Crippen LogP contribution in [0.3, 0.4) is 0 Å². The predicted octanol–water partition coefficient (Wildman–Crippen LogP) is 1.74. The van der Waals surface area contributed by atoms with Gasteiger partial charge in [-0.25, -0.2) is 9.37 Å². The van der Waals surface area contributed by atoms with Crippen molar-refractivity contribution in [3.8, 4) is 0 Å². The number of rotatable bonds is 3. The zero-order valence-corrected chi connectivity index (χ0v) is 9.35. The zero-order valence-electron chi connectivity index (χ0n) is 9.35. The minimum Gasteiger partial charge on any atom is -0.320 e. The highest BCUT2D eigenvalue weighted by Gasteiger charge is 2.06. The Balaban J connectivity index is 1.98. The quantitative estimate of drug-likeness (QED) is 0.877. The van der Waals surface area contributed by atoms with Gasteiger partial charge in [-0.05, 0) is 17.7 Å². The summed E-state index contributed by atoms with van der Waals surface area (Å²) in [6, 6.07) is 5.85. The molecular formula is C12H12FN3O. The van der Waals surface area contributed by atoms with Crippen LogP contribution in [0, 0.1) is 5.82 Å². The minimum atomic E-state index is -0.307. The Hall–Kier alpha value is -2.17. The maximum Gasteiger partial charge on any atom is 0.231 e. The van der Waals surface area contributed by atoms with Crippen molar-refractivity contribution < 1.29 is 9.18 Å². The summed E-state index contributed by atoms with van der Waals surface area (Å²) < 4.78 is 14.4. The molecule has 4 nitrogen and oxygen atoms in total. The van der Waals surface area contributed by atoms with Crippen LogP contribution in [0.25, 0.3) is 0 Å². The van der Waals surface area contributed by atoms with Gasteiger partial charge in [0.1, 0.15) is 5.82 Å². The lowest BCUT2D eigenvalue weighted by molar-refractivity contribution is -0.115. The van der Waals surface area contributed by atoms with Crippen molar-refractivity contribution in [2.24, 2.45) is 7.05 Å². The summed E-state index contributed by atoms with van der Waals surface area (Å²) in [5.41, 5.74) is 0.762. The molecule has 0 aliphatic carbocycles. The van der Waals surface area contributed by atoms with Gasteiger partial charge in [0.2, 0.25) is 11.9 Å². The van der Waals surface area contributed by atoms with Gasteiger partial charge in [-0.3, -0.25) is 10.1 Å². The van der Waals surface area contributed by atoms with E-state index in [-0.39, 0.29) is 18.1 Å². The summed E-state index contributed by atoms with van der Waals surface area (Å²) in [6.07, 6.45) is 3.55. The van der Waals surface area contributed by atoms with Gasteiger partial charge in [0.15, 0.2) is 0 Å². The third-order valence-corrected chi connectivity index (χ3v) is 2.35. The molecule has 1 aromatic heterocycles. The summed E-state index contributed by atoms with van der Waals surface area (Å²) in [5.74, 6) is 0.0151. The first kappa shape index (κ1) is 11.3. The first-order valence-electron chi connectivity index (χ1n) is 5.17. The van der Waals surface area contributed by atoms with Crippen molar-refractivity contribution >= 4 is 11.9 Å². The van der Waals surface area contributed by atoms with Gasteiger partial charge in [0.05, 0.1) is 6.42 Å². The van der Waals surface area contributed by atoms with Gasteiger partial charge in [0, 0.05) is 19.4 Å². The molecule has 1 N–H and O–H groups in total. The van der Waals surface area contributed by atoms with Crippen LogP contribution < -0.4 is 5.32 Å². The molecule has 0 spiro atoms. The molecule has 0 atom stereocenters. The van der Waals surface area contributed by atoms with Crippen LogP contribution >= 0.6 is 0 Å². The third-order valence-electron chi connectivity index (χ3n) is 2.35. The van der Waals surface area contributed by atoms with Crippen molar-refractivity contribution in [3.63, 3.8) is 0 Å². The summed E-state index contributed by atoms with van der Waals surface area (Å²) in [4.78, 5) is 15.6. The molecule has 1 heterocycles. The number of anilines is 1. The van der Waals surface area contributed by atoms with Crippen molar-refractivity contribution in [3.05, 3.63) is 48.0 Å². The first-order valence-corrected chi connectivity index (χ1v) is 5.17. The van der Waals surface area contributed by atoms with Gasteiger partial charge in [0.25, 0.3) is 0 Å². The summed E-state index contributed by atoms with van der Waals surface area (Å²) in [5, 5.41) is 2.67. The maximum atomic E-state index is 12.7. The number of nitrogens with zero attached hydrogens (tertiary/aromatic N) is 2. The number of aryl methyl sites for hydroxylation is 1. The zero-order chi connectivity index (χ0) is 12.3. The number of nitrogens with one attached hydrogen (secondary N) is 1. The Kier molecular flexibility index (Phi) is 3.18. The fourth-order valence-electron chi connectivity index (χ4n) is 1.44. The van der Waals surface area contributed by atoms with Crippen LogP contribution in [-0.4, -0.2) is 15.5 Å². The fraction of sp³-hybridized carbons (Fsp3) is 0.167. The van der Waals surface area contributed by atoms with Crippen molar-refractivity contribution in [2.75, 3.05) is 5.32 Å². The van der Waals surface area contributed by atoms with Crippen LogP contribution in [0.2, 0.25) is 0 Å². The van der Waals surface area contributed by atoms with Crippen LogP contribution in [0.4, 0.5) is 10.3 Å². The average Bonchev–Trinajstić information content (AvgIpc) is 2.68. The van der Waals surface area contributed by atoms with E-state index in [2.05, 4.69) is 10.3 Å². The lowest BCUT2D eigenvalue weighted by Crippen LogP contribution is -2.17. The van der Waals surface area contributed by atoms with E-state index >= 15 is 0 Å². The van der Waals surface area contributed by atoms with E-state index in [1.165, 1.54) is 12.1 Å². The molecule has 88 valence electrons. The monoisotopic (exact) mass is 233 g/mol. The van der Waals surface area contributed by atoms with E-state index in [0.717, 1.165) is 5.56 Å². The average molecular weight is 233 g/mol. The SMILES string of the molecule is Cn1ccnc1NC(=O)Cc1ccc(F)cc1. The molecule has 1 amide bonds. The molecule has 0 bridgehead atoms. The van der Waals surface area contributed by atoms with Gasteiger partial charge >= 0.3 is 0 Å². The second kappa shape index (κ2) is 4.78. The Morgan fingerprint density at radius 2 is 2.12 bits per heavy atom. The molecule has 0 fully saturated rings. The van der Waals surface area contributed by atoms with Crippen molar-refractivity contribution in [1.82, 2.24) is 9.55 Å². The van der Waals surface area contributed by atoms with Crippen LogP contribution in [0.5, 0.6) is 0 Å². The van der Waals surface area contributed by atoms with Crippen LogP contribution in [0.1, 0.15) is 5.56 Å². The topological polar surface area (TPSA) is 46.9 Å². The number of benzene rings is 1. The standard InChI is InChI=1S/C12H12FN3O/c1-16-7-6-14-12(16)15-11(17)8-9-2-4-10(13)5-3-9/h2-7H,8H2,1H3,(H,14,15,17). The molecule has 17 heavy (non-hydrogen) atoms. The van der Waals surface area contributed by atoms with Gasteiger partial charge in [-0.1, -0.05) is 12.1 Å². The van der Waals surface area contributed by atoms with Crippen LogP contribution in [-0.2, 0) is 18.3 Å². The molecule has 0 aliphatic rings. The molecule has 0 aliphatic heterocycles. The summed E-state index contributed by atoms with van der Waals surface area (Å²) in [7, 11) is 1.79. The first-order chi connectivity index (χ1) is 8.15. The molecule has 2 aromatic rings. The third kappa shape index (κ3) is 2.90. The van der Waals surface area contributed by atoms with E-state index in [1.54, 1.807) is 36.1 Å². The van der Waals surface area contributed by atoms with E-state index in [1.807, 2.05) is 0 Å². The second-order valence-electron chi connectivity index (χ2n) is 3.71. The number of carbonyl (C=O) groups is 1. The van der Waals surface area contributed by atoms with E-state index in [9.17, 15) is 9.18 Å². The Bertz CT molecular complexity index is 519. The number of halogens is 1. The highest BCUT2D eigenvalue weighted by atomic mass is 19.1. The Morgan fingerprint density at radius 3 is 2.71 bits per heavy atom. The lowest BCUT2D eigenvalue weighted by Gasteiger charge is -2.04. The smallest absolute Gasteiger partial charge is 0.231 e. The lowest BCUT2D eigenvalue weighted by atomic mass is 10.1. The normalized spacial score (nSPS) is 10.2. The number of hydrogen-bond acceptors (Lipinski definition) is 2. The minimum absolute atomic E-state index is 0.175. The predicted molar refractivity (Wildman–Crippen MR) is 61.9 cm³/mol. The number of imidazole rings is 1. The fourth-order valence-corrected chi connectivity index (χ4v) is 1.44. The van der Waals surface area contributed by atoms with Crippen LogP contribution in [0.15, 0.2) is 36.7 Å². The maximum absolute atomic E-state index is 12.7. The summed E-state index contributed by atoms with van der Waals surface area (Å²) in [6.45, 7) is 0. The van der Waals surface area contributed by atoms with E-state index in [0.29, 0.717) is 5.95 Å². The number of carbonyl (C=O) groups excluding carboxylic acids is 1. The van der Waals surface area contributed by atoms with Crippen molar-refractivity contribution in [2.45, 2.75) is 6.42 Å².